The first-order valence-electron chi connectivity index (χ1n) is 5.65. The van der Waals surface area contributed by atoms with Gasteiger partial charge in [-0.1, -0.05) is 12.1 Å². The van der Waals surface area contributed by atoms with Gasteiger partial charge < -0.3 is 9.84 Å². The molecule has 1 aromatic carbocycles. The van der Waals surface area contributed by atoms with Crippen molar-refractivity contribution < 1.29 is 14.6 Å². The van der Waals surface area contributed by atoms with Gasteiger partial charge in [0.05, 0.1) is 6.54 Å². The average molecular weight is 235 g/mol. The fourth-order valence-electron chi connectivity index (χ4n) is 1.91. The van der Waals surface area contributed by atoms with Crippen LogP contribution in [0.1, 0.15) is 32.4 Å². The molecule has 1 aromatic rings. The van der Waals surface area contributed by atoms with Crippen LogP contribution in [-0.2, 0) is 4.74 Å². The number of benzene rings is 1. The normalized spacial score (nSPS) is 20.5. The summed E-state index contributed by atoms with van der Waals surface area (Å²) >= 11 is 0. The molecule has 4 nitrogen and oxygen atoms in total. The number of amides is 1. The Labute approximate surface area is 101 Å². The van der Waals surface area contributed by atoms with E-state index < -0.39 is 0 Å². The Morgan fingerprint density at radius 3 is 2.65 bits per heavy atom. The summed E-state index contributed by atoms with van der Waals surface area (Å²) < 4.78 is 5.32. The molecule has 1 aliphatic rings. The third-order valence-corrected chi connectivity index (χ3v) is 2.86. The van der Waals surface area contributed by atoms with Crippen molar-refractivity contribution in [2.24, 2.45) is 0 Å². The zero-order valence-corrected chi connectivity index (χ0v) is 10.3. The number of cyclic esters (lactones) is 1. The Bertz CT molecular complexity index is 437. The molecule has 1 amide bonds. The van der Waals surface area contributed by atoms with Crippen molar-refractivity contribution in [1.29, 1.82) is 0 Å². The monoisotopic (exact) mass is 235 g/mol. The molecule has 0 spiro atoms. The van der Waals surface area contributed by atoms with Gasteiger partial charge in [0.2, 0.25) is 0 Å². The maximum atomic E-state index is 11.7. The third kappa shape index (κ3) is 2.35. The van der Waals surface area contributed by atoms with Crippen molar-refractivity contribution in [3.63, 3.8) is 0 Å². The molecule has 17 heavy (non-hydrogen) atoms. The number of carbonyl (C=O) groups is 1. The van der Waals surface area contributed by atoms with E-state index in [0.717, 1.165) is 5.56 Å². The van der Waals surface area contributed by atoms with Gasteiger partial charge in [-0.05, 0) is 38.5 Å². The topological polar surface area (TPSA) is 49.8 Å². The minimum Gasteiger partial charge on any atom is -0.508 e. The summed E-state index contributed by atoms with van der Waals surface area (Å²) in [4.78, 5) is 13.4. The average Bonchev–Trinajstić information content (AvgIpc) is 2.60. The van der Waals surface area contributed by atoms with Crippen molar-refractivity contribution in [3.05, 3.63) is 29.8 Å². The highest BCUT2D eigenvalue weighted by atomic mass is 16.6. The molecule has 1 heterocycles. The summed E-state index contributed by atoms with van der Waals surface area (Å²) in [5.74, 6) is 0.188. The largest absolute Gasteiger partial charge is 0.508 e. The molecule has 1 unspecified atom stereocenters. The Balaban J connectivity index is 2.20. The number of nitrogens with zero attached hydrogens (tertiary/aromatic N) is 1. The van der Waals surface area contributed by atoms with Crippen LogP contribution in [0.25, 0.3) is 0 Å². The molecule has 1 aliphatic heterocycles. The van der Waals surface area contributed by atoms with Crippen LogP contribution in [0, 0.1) is 0 Å². The lowest BCUT2D eigenvalue weighted by atomic mass is 10.0. The summed E-state index contributed by atoms with van der Waals surface area (Å²) in [7, 11) is 0. The molecule has 92 valence electrons. The second-order valence-electron chi connectivity index (χ2n) is 5.25. The Morgan fingerprint density at radius 1 is 1.41 bits per heavy atom. The van der Waals surface area contributed by atoms with Gasteiger partial charge in [-0.15, -0.1) is 0 Å². The highest BCUT2D eigenvalue weighted by molar-refractivity contribution is 5.71. The fraction of sp³-hybridized carbons (Fsp3) is 0.462. The molecule has 1 saturated heterocycles. The fourth-order valence-corrected chi connectivity index (χ4v) is 1.91. The maximum absolute atomic E-state index is 11.7. The van der Waals surface area contributed by atoms with Gasteiger partial charge in [-0.2, -0.15) is 0 Å². The smallest absolute Gasteiger partial charge is 0.411 e. The van der Waals surface area contributed by atoms with Gasteiger partial charge in [-0.25, -0.2) is 4.79 Å². The van der Waals surface area contributed by atoms with Crippen LogP contribution in [0.3, 0.4) is 0 Å². The maximum Gasteiger partial charge on any atom is 0.411 e. The molecule has 2 rings (SSSR count). The quantitative estimate of drug-likeness (QED) is 0.814. The number of hydrogen-bond donors (Lipinski definition) is 1. The zero-order chi connectivity index (χ0) is 12.6. The SMILES string of the molecule is CC(C)(C)N1CC(c2cccc(O)c2)OC1=O. The second kappa shape index (κ2) is 3.95. The van der Waals surface area contributed by atoms with E-state index in [1.165, 1.54) is 0 Å². The van der Waals surface area contributed by atoms with E-state index in [9.17, 15) is 9.90 Å². The van der Waals surface area contributed by atoms with Crippen LogP contribution in [-0.4, -0.2) is 28.2 Å². The lowest BCUT2D eigenvalue weighted by Gasteiger charge is -2.29. The highest BCUT2D eigenvalue weighted by Crippen LogP contribution is 2.31. The van der Waals surface area contributed by atoms with Crippen LogP contribution in [0.4, 0.5) is 4.79 Å². The summed E-state index contributed by atoms with van der Waals surface area (Å²) in [6.45, 7) is 6.43. The Hall–Kier alpha value is -1.71. The summed E-state index contributed by atoms with van der Waals surface area (Å²) in [5.41, 5.74) is 0.577. The number of phenolic OH excluding ortho intramolecular Hbond substituents is 1. The Morgan fingerprint density at radius 2 is 2.12 bits per heavy atom. The van der Waals surface area contributed by atoms with E-state index in [1.54, 1.807) is 23.1 Å². The van der Waals surface area contributed by atoms with Gasteiger partial charge in [0.1, 0.15) is 11.9 Å². The van der Waals surface area contributed by atoms with Crippen LogP contribution in [0.5, 0.6) is 5.75 Å². The lowest BCUT2D eigenvalue weighted by molar-refractivity contribution is 0.120. The first-order valence-corrected chi connectivity index (χ1v) is 5.65. The van der Waals surface area contributed by atoms with Gasteiger partial charge in [0.25, 0.3) is 0 Å². The second-order valence-corrected chi connectivity index (χ2v) is 5.25. The Kier molecular flexibility index (Phi) is 2.73. The highest BCUT2D eigenvalue weighted by Gasteiger charge is 2.38. The number of phenols is 1. The molecular weight excluding hydrogens is 218 g/mol. The number of aromatic hydroxyl groups is 1. The molecule has 0 radical (unpaired) electrons. The lowest BCUT2D eigenvalue weighted by Crippen LogP contribution is -2.41. The molecular formula is C13H17NO3. The number of rotatable bonds is 1. The predicted octanol–water partition coefficient (Wildman–Crippen LogP) is 2.68. The first-order chi connectivity index (χ1) is 7.88. The minimum atomic E-state index is -0.300. The first kappa shape index (κ1) is 11.8. The van der Waals surface area contributed by atoms with E-state index in [-0.39, 0.29) is 23.5 Å². The van der Waals surface area contributed by atoms with Crippen molar-refractivity contribution in [1.82, 2.24) is 4.90 Å². The predicted molar refractivity (Wildman–Crippen MR) is 63.8 cm³/mol. The van der Waals surface area contributed by atoms with E-state index in [1.807, 2.05) is 26.8 Å². The molecule has 0 aliphatic carbocycles. The molecule has 1 fully saturated rings. The molecule has 1 atom stereocenters. The van der Waals surface area contributed by atoms with Gasteiger partial charge in [-0.3, -0.25) is 4.90 Å². The van der Waals surface area contributed by atoms with Gasteiger partial charge in [0.15, 0.2) is 0 Å². The third-order valence-electron chi connectivity index (χ3n) is 2.86. The van der Waals surface area contributed by atoms with Gasteiger partial charge >= 0.3 is 6.09 Å². The summed E-state index contributed by atoms with van der Waals surface area (Å²) in [6.07, 6.45) is -0.598. The summed E-state index contributed by atoms with van der Waals surface area (Å²) in [5, 5.41) is 9.41. The number of ether oxygens (including phenoxy) is 1. The molecule has 4 heteroatoms. The van der Waals surface area contributed by atoms with Crippen molar-refractivity contribution >= 4 is 6.09 Å². The van der Waals surface area contributed by atoms with Crippen molar-refractivity contribution in [3.8, 4) is 5.75 Å². The van der Waals surface area contributed by atoms with Gasteiger partial charge in [0, 0.05) is 5.54 Å². The van der Waals surface area contributed by atoms with E-state index in [0.29, 0.717) is 6.54 Å². The van der Waals surface area contributed by atoms with E-state index >= 15 is 0 Å². The number of hydrogen-bond acceptors (Lipinski definition) is 3. The summed E-state index contributed by atoms with van der Waals surface area (Å²) in [6, 6.07) is 6.83. The van der Waals surface area contributed by atoms with Crippen molar-refractivity contribution in [2.45, 2.75) is 32.4 Å². The number of carbonyl (C=O) groups excluding carboxylic acids is 1. The van der Waals surface area contributed by atoms with E-state index in [2.05, 4.69) is 0 Å². The van der Waals surface area contributed by atoms with Crippen LogP contribution in [0.15, 0.2) is 24.3 Å². The van der Waals surface area contributed by atoms with E-state index in [4.69, 9.17) is 4.74 Å². The zero-order valence-electron chi connectivity index (χ0n) is 10.3. The van der Waals surface area contributed by atoms with Crippen molar-refractivity contribution in [2.75, 3.05) is 6.54 Å². The van der Waals surface area contributed by atoms with Crippen LogP contribution in [0.2, 0.25) is 0 Å². The minimum absolute atomic E-state index is 0.188. The van der Waals surface area contributed by atoms with Crippen LogP contribution >= 0.6 is 0 Å². The molecule has 0 bridgehead atoms. The van der Waals surface area contributed by atoms with Crippen LogP contribution < -0.4 is 0 Å². The molecule has 0 aromatic heterocycles. The standard InChI is InChI=1S/C13H17NO3/c1-13(2,3)14-8-11(17-12(14)16)9-5-4-6-10(15)7-9/h4-7,11,15H,8H2,1-3H3. The molecule has 1 N–H and O–H groups in total. The molecule has 0 saturated carbocycles.